The van der Waals surface area contributed by atoms with E-state index >= 15 is 0 Å². The fourth-order valence-electron chi connectivity index (χ4n) is 4.08. The number of aromatic amines is 1. The van der Waals surface area contributed by atoms with E-state index in [9.17, 15) is 19.5 Å². The molecular weight excluding hydrogens is 535 g/mol. The fraction of sp³-hybridized carbons (Fsp3) is 0.524. The molecule has 0 aromatic carbocycles. The normalized spacial score (nSPS) is 20.8. The topological polar surface area (TPSA) is 149 Å². The molecule has 2 aromatic rings. The summed E-state index contributed by atoms with van der Waals surface area (Å²) in [6, 6.07) is -0.333. The Morgan fingerprint density at radius 2 is 1.92 bits per heavy atom. The zero-order valence-electron chi connectivity index (χ0n) is 19.6. The number of aromatic carboxylic acids is 1. The van der Waals surface area contributed by atoms with Gasteiger partial charge in [0.15, 0.2) is 10.8 Å². The van der Waals surface area contributed by atoms with Crippen LogP contribution >= 0.6 is 34.5 Å². The van der Waals surface area contributed by atoms with Gasteiger partial charge >= 0.3 is 5.97 Å². The lowest BCUT2D eigenvalue weighted by atomic mass is 10.0. The van der Waals surface area contributed by atoms with Gasteiger partial charge in [-0.1, -0.05) is 34.5 Å². The van der Waals surface area contributed by atoms with E-state index in [2.05, 4.69) is 20.7 Å². The Bertz CT molecular complexity index is 1150. The molecule has 0 spiro atoms. The van der Waals surface area contributed by atoms with Crippen LogP contribution in [0.25, 0.3) is 0 Å². The number of piperidine rings is 1. The second-order valence-electron chi connectivity index (χ2n) is 8.36. The molecule has 0 aliphatic carbocycles. The number of carbonyl (C=O) groups is 3. The maximum Gasteiger partial charge on any atom is 0.348 e. The molecule has 36 heavy (non-hydrogen) atoms. The van der Waals surface area contributed by atoms with Gasteiger partial charge in [0.2, 0.25) is 0 Å². The molecule has 2 aliphatic rings. The summed E-state index contributed by atoms with van der Waals surface area (Å²) >= 11 is 13.2. The number of rotatable bonds is 7. The van der Waals surface area contributed by atoms with Gasteiger partial charge in [-0.2, -0.15) is 0 Å². The minimum absolute atomic E-state index is 0.145. The number of H-pyrrole nitrogens is 1. The highest BCUT2D eigenvalue weighted by Crippen LogP contribution is 2.31. The molecule has 4 N–H and O–H groups in total. The molecule has 2 fully saturated rings. The van der Waals surface area contributed by atoms with Crippen LogP contribution in [0.2, 0.25) is 10.0 Å². The standard InChI is InChI=1S/C21H26Cl2N6O6S/c1-10-13(22)14(23)15(24-10)18(30)25-11-3-4-28(9-12(11)34-2)21-26-16(17(36-21)20(32)33)19(31)27-29-5-7-35-8-6-29/h11-12,24H,3-9H2,1-2H3,(H,25,30)(H,27,31)(H,32,33)/t11-,12+/m1/s1. The quantitative estimate of drug-likeness (QED) is 0.397. The summed E-state index contributed by atoms with van der Waals surface area (Å²) in [6.07, 6.45) is 0.0721. The number of ether oxygens (including phenoxy) is 2. The number of carboxylic acid groups (broad SMARTS) is 1. The molecule has 2 amide bonds. The summed E-state index contributed by atoms with van der Waals surface area (Å²) in [7, 11) is 1.53. The van der Waals surface area contributed by atoms with Crippen molar-refractivity contribution < 1.29 is 29.0 Å². The number of hydrogen-bond donors (Lipinski definition) is 4. The van der Waals surface area contributed by atoms with Crippen LogP contribution in [0.15, 0.2) is 0 Å². The number of nitrogens with zero attached hydrogens (tertiary/aromatic N) is 3. The predicted octanol–water partition coefficient (Wildman–Crippen LogP) is 1.79. The number of halogens is 2. The summed E-state index contributed by atoms with van der Waals surface area (Å²) in [5.41, 5.74) is 3.33. The summed E-state index contributed by atoms with van der Waals surface area (Å²) in [5, 5.41) is 15.1. The third-order valence-corrected chi connectivity index (χ3v) is 8.08. The van der Waals surface area contributed by atoms with Crippen molar-refractivity contribution in [3.05, 3.63) is 32.0 Å². The number of thiazole rings is 1. The summed E-state index contributed by atoms with van der Waals surface area (Å²) in [6.45, 7) is 4.45. The Hall–Kier alpha value is -2.42. The molecule has 2 saturated heterocycles. The first kappa shape index (κ1) is 26.6. The predicted molar refractivity (Wildman–Crippen MR) is 133 cm³/mol. The van der Waals surface area contributed by atoms with Crippen LogP contribution in [-0.2, 0) is 9.47 Å². The van der Waals surface area contributed by atoms with Gasteiger partial charge in [-0.15, -0.1) is 0 Å². The van der Waals surface area contributed by atoms with Gasteiger partial charge in [-0.25, -0.2) is 14.8 Å². The van der Waals surface area contributed by atoms with Gasteiger partial charge in [0, 0.05) is 39.0 Å². The lowest BCUT2D eigenvalue weighted by Crippen LogP contribution is -2.55. The summed E-state index contributed by atoms with van der Waals surface area (Å²) in [4.78, 5) is 46.4. The average molecular weight is 561 g/mol. The molecule has 0 saturated carbocycles. The number of morpholine rings is 1. The first-order valence-electron chi connectivity index (χ1n) is 11.2. The largest absolute Gasteiger partial charge is 0.477 e. The molecule has 2 aliphatic heterocycles. The molecule has 0 unspecified atom stereocenters. The first-order chi connectivity index (χ1) is 17.2. The van der Waals surface area contributed by atoms with E-state index in [0.717, 1.165) is 11.3 Å². The number of aryl methyl sites for hydroxylation is 1. The second kappa shape index (κ2) is 11.3. The highest BCUT2D eigenvalue weighted by Gasteiger charge is 2.34. The van der Waals surface area contributed by atoms with Crippen LogP contribution in [0.5, 0.6) is 0 Å². The van der Waals surface area contributed by atoms with Crippen molar-refractivity contribution in [2.45, 2.75) is 25.5 Å². The van der Waals surface area contributed by atoms with Crippen LogP contribution in [-0.4, -0.2) is 96.5 Å². The van der Waals surface area contributed by atoms with E-state index in [1.54, 1.807) is 11.9 Å². The number of hydrogen-bond acceptors (Lipinski definition) is 9. The van der Waals surface area contributed by atoms with Crippen molar-refractivity contribution in [1.82, 2.24) is 25.7 Å². The van der Waals surface area contributed by atoms with Crippen LogP contribution < -0.4 is 15.6 Å². The summed E-state index contributed by atoms with van der Waals surface area (Å²) < 4.78 is 10.9. The minimum atomic E-state index is -1.23. The number of nitrogens with one attached hydrogen (secondary N) is 3. The van der Waals surface area contributed by atoms with Crippen molar-refractivity contribution >= 4 is 57.5 Å². The highest BCUT2D eigenvalue weighted by molar-refractivity contribution is 7.17. The van der Waals surface area contributed by atoms with Crippen molar-refractivity contribution in [2.75, 3.05) is 51.4 Å². The lowest BCUT2D eigenvalue weighted by molar-refractivity contribution is 0.0124. The number of aromatic nitrogens is 2. The number of methoxy groups -OCH3 is 1. The van der Waals surface area contributed by atoms with E-state index in [1.165, 1.54) is 7.11 Å². The van der Waals surface area contributed by atoms with Crippen LogP contribution in [0, 0.1) is 6.92 Å². The molecule has 4 heterocycles. The third kappa shape index (κ3) is 5.61. The number of hydrazine groups is 1. The van der Waals surface area contributed by atoms with Gasteiger partial charge in [-0.3, -0.25) is 15.0 Å². The third-order valence-electron chi connectivity index (χ3n) is 6.03. The Labute approximate surface area is 220 Å². The number of carbonyl (C=O) groups excluding carboxylic acids is 2. The smallest absolute Gasteiger partial charge is 0.348 e. The maximum absolute atomic E-state index is 12.8. The van der Waals surface area contributed by atoms with Crippen LogP contribution in [0.1, 0.15) is 42.8 Å². The second-order valence-corrected chi connectivity index (χ2v) is 10.1. The van der Waals surface area contributed by atoms with Crippen molar-refractivity contribution in [3.8, 4) is 0 Å². The Balaban J connectivity index is 1.45. The number of anilines is 1. The van der Waals surface area contributed by atoms with Crippen LogP contribution in [0.3, 0.4) is 0 Å². The highest BCUT2D eigenvalue weighted by atomic mass is 35.5. The molecule has 15 heteroatoms. The van der Waals surface area contributed by atoms with E-state index in [0.29, 0.717) is 61.7 Å². The molecule has 0 radical (unpaired) electrons. The summed E-state index contributed by atoms with van der Waals surface area (Å²) in [5.74, 6) is -2.22. The molecule has 4 rings (SSSR count). The van der Waals surface area contributed by atoms with Gasteiger partial charge in [0.25, 0.3) is 11.8 Å². The molecule has 2 aromatic heterocycles. The monoisotopic (exact) mass is 560 g/mol. The zero-order valence-corrected chi connectivity index (χ0v) is 21.9. The minimum Gasteiger partial charge on any atom is -0.477 e. The van der Waals surface area contributed by atoms with E-state index < -0.39 is 23.9 Å². The van der Waals surface area contributed by atoms with Crippen molar-refractivity contribution in [2.24, 2.45) is 0 Å². The molecule has 196 valence electrons. The Kier molecular flexibility index (Phi) is 8.37. The molecule has 12 nitrogen and oxygen atoms in total. The average Bonchev–Trinajstić information content (AvgIpc) is 3.43. The van der Waals surface area contributed by atoms with E-state index in [-0.39, 0.29) is 27.3 Å². The lowest BCUT2D eigenvalue weighted by Gasteiger charge is -2.37. The van der Waals surface area contributed by atoms with Crippen molar-refractivity contribution in [1.29, 1.82) is 0 Å². The van der Waals surface area contributed by atoms with Gasteiger partial charge in [0.1, 0.15) is 10.6 Å². The van der Waals surface area contributed by atoms with Gasteiger partial charge < -0.3 is 29.8 Å². The number of amides is 2. The van der Waals surface area contributed by atoms with E-state index in [1.807, 2.05) is 4.90 Å². The molecule has 0 bridgehead atoms. The SMILES string of the molecule is CO[C@H]1CN(c2nc(C(=O)NN3CCOCC3)c(C(=O)O)s2)CC[C@H]1NC(=O)c1[nH]c(C)c(Cl)c1Cl. The van der Waals surface area contributed by atoms with Gasteiger partial charge in [-0.05, 0) is 13.3 Å². The maximum atomic E-state index is 12.8. The molecular formula is C21H26Cl2N6O6S. The first-order valence-corrected chi connectivity index (χ1v) is 12.8. The van der Waals surface area contributed by atoms with E-state index in [4.69, 9.17) is 32.7 Å². The van der Waals surface area contributed by atoms with Gasteiger partial charge in [0.05, 0.1) is 35.4 Å². The van der Waals surface area contributed by atoms with Crippen molar-refractivity contribution in [3.63, 3.8) is 0 Å². The zero-order chi connectivity index (χ0) is 26.0. The Morgan fingerprint density at radius 3 is 2.53 bits per heavy atom. The fourth-order valence-corrected chi connectivity index (χ4v) is 5.43. The molecule has 2 atom stereocenters. The van der Waals surface area contributed by atoms with Crippen LogP contribution in [0.4, 0.5) is 5.13 Å². The Morgan fingerprint density at radius 1 is 1.19 bits per heavy atom. The number of carboxylic acids is 1.